The van der Waals surface area contributed by atoms with Crippen molar-refractivity contribution >= 4 is 0 Å². The van der Waals surface area contributed by atoms with Gasteiger partial charge in [-0.05, 0) is 19.9 Å². The van der Waals surface area contributed by atoms with E-state index in [1.54, 1.807) is 12.4 Å². The SMILES string of the molecule is Cc1cc(C)c[n+]([O-])c1. The molecule has 0 saturated carbocycles. The van der Waals surface area contributed by atoms with Crippen LogP contribution in [0.4, 0.5) is 0 Å². The molecule has 9 heavy (non-hydrogen) atoms. The molecule has 0 atom stereocenters. The van der Waals surface area contributed by atoms with Gasteiger partial charge in [0.15, 0.2) is 12.4 Å². The third-order valence-electron chi connectivity index (χ3n) is 1.12. The van der Waals surface area contributed by atoms with Crippen LogP contribution in [0.25, 0.3) is 0 Å². The Morgan fingerprint density at radius 1 is 1.22 bits per heavy atom. The van der Waals surface area contributed by atoms with Crippen LogP contribution in [0.15, 0.2) is 18.5 Å². The lowest BCUT2D eigenvalue weighted by Crippen LogP contribution is -2.25. The lowest BCUT2D eigenvalue weighted by atomic mass is 10.2. The molecule has 0 aliphatic rings. The molecule has 48 valence electrons. The van der Waals surface area contributed by atoms with Crippen molar-refractivity contribution in [1.29, 1.82) is 0 Å². The Morgan fingerprint density at radius 2 is 1.67 bits per heavy atom. The van der Waals surface area contributed by atoms with Crippen molar-refractivity contribution in [2.24, 2.45) is 0 Å². The number of aromatic nitrogens is 1. The first kappa shape index (κ1) is 6.08. The maximum Gasteiger partial charge on any atom is 0.183 e. The molecule has 2 heteroatoms. The molecule has 0 saturated heterocycles. The zero-order valence-corrected chi connectivity index (χ0v) is 5.59. The molecule has 0 fully saturated rings. The van der Waals surface area contributed by atoms with Crippen LogP contribution < -0.4 is 4.73 Å². The summed E-state index contributed by atoms with van der Waals surface area (Å²) in [5.74, 6) is 0. The second-order valence-corrected chi connectivity index (χ2v) is 2.25. The number of hydrogen-bond acceptors (Lipinski definition) is 1. The number of rotatable bonds is 0. The summed E-state index contributed by atoms with van der Waals surface area (Å²) in [6.07, 6.45) is 3.10. The van der Waals surface area contributed by atoms with Crippen molar-refractivity contribution in [2.45, 2.75) is 13.8 Å². The summed E-state index contributed by atoms with van der Waals surface area (Å²) in [6, 6.07) is 1.97. The molecule has 2 nitrogen and oxygen atoms in total. The molecular weight excluding hydrogens is 114 g/mol. The molecule has 0 aromatic carbocycles. The molecule has 0 N–H and O–H groups in total. The molecule has 0 aliphatic heterocycles. The van der Waals surface area contributed by atoms with Gasteiger partial charge < -0.3 is 5.21 Å². The van der Waals surface area contributed by atoms with Gasteiger partial charge >= 0.3 is 0 Å². The van der Waals surface area contributed by atoms with Crippen molar-refractivity contribution in [3.05, 3.63) is 34.8 Å². The predicted octanol–water partition coefficient (Wildman–Crippen LogP) is 0.937. The van der Waals surface area contributed by atoms with Gasteiger partial charge in [0.2, 0.25) is 0 Å². The van der Waals surface area contributed by atoms with E-state index in [4.69, 9.17) is 0 Å². The second-order valence-electron chi connectivity index (χ2n) is 2.25. The van der Waals surface area contributed by atoms with Gasteiger partial charge in [-0.2, -0.15) is 4.73 Å². The Labute approximate surface area is 54.3 Å². The minimum absolute atomic E-state index is 0.824. The molecule has 1 aromatic heterocycles. The van der Waals surface area contributed by atoms with E-state index in [2.05, 4.69) is 0 Å². The van der Waals surface area contributed by atoms with E-state index in [0.29, 0.717) is 0 Å². The van der Waals surface area contributed by atoms with Crippen LogP contribution in [0.2, 0.25) is 0 Å². The summed E-state index contributed by atoms with van der Waals surface area (Å²) in [6.45, 7) is 3.81. The predicted molar refractivity (Wildman–Crippen MR) is 34.9 cm³/mol. The van der Waals surface area contributed by atoms with Gasteiger partial charge in [0, 0.05) is 11.1 Å². The van der Waals surface area contributed by atoms with Crippen molar-refractivity contribution in [1.82, 2.24) is 0 Å². The second kappa shape index (κ2) is 2.05. The molecule has 0 unspecified atom stereocenters. The summed E-state index contributed by atoms with van der Waals surface area (Å²) in [5.41, 5.74) is 2.01. The number of aryl methyl sites for hydroxylation is 2. The van der Waals surface area contributed by atoms with Crippen LogP contribution in [-0.2, 0) is 0 Å². The van der Waals surface area contributed by atoms with Gasteiger partial charge in [0.25, 0.3) is 0 Å². The minimum atomic E-state index is 0.824. The van der Waals surface area contributed by atoms with Gasteiger partial charge in [0.05, 0.1) is 0 Å². The molecule has 1 rings (SSSR count). The van der Waals surface area contributed by atoms with E-state index in [-0.39, 0.29) is 0 Å². The van der Waals surface area contributed by atoms with Gasteiger partial charge in [-0.1, -0.05) is 0 Å². The van der Waals surface area contributed by atoms with E-state index >= 15 is 0 Å². The summed E-state index contributed by atoms with van der Waals surface area (Å²) >= 11 is 0. The van der Waals surface area contributed by atoms with Crippen molar-refractivity contribution in [2.75, 3.05) is 0 Å². The fraction of sp³-hybridized carbons (Fsp3) is 0.286. The van der Waals surface area contributed by atoms with Crippen molar-refractivity contribution < 1.29 is 4.73 Å². The zero-order valence-electron chi connectivity index (χ0n) is 5.59. The fourth-order valence-electron chi connectivity index (χ4n) is 0.872. The lowest BCUT2D eigenvalue weighted by molar-refractivity contribution is -0.606. The first-order valence-electron chi connectivity index (χ1n) is 2.85. The Bertz CT molecular complexity index is 170. The van der Waals surface area contributed by atoms with Crippen molar-refractivity contribution in [3.63, 3.8) is 0 Å². The Hall–Kier alpha value is -1.05. The Kier molecular flexibility index (Phi) is 1.39. The molecule has 0 aliphatic carbocycles. The molecule has 1 heterocycles. The first-order chi connectivity index (χ1) is 4.18. The maximum atomic E-state index is 10.6. The summed E-state index contributed by atoms with van der Waals surface area (Å²) in [5, 5.41) is 10.6. The minimum Gasteiger partial charge on any atom is -0.619 e. The van der Waals surface area contributed by atoms with Crippen LogP contribution in [0.1, 0.15) is 11.1 Å². The summed E-state index contributed by atoms with van der Waals surface area (Å²) in [4.78, 5) is 0. The van der Waals surface area contributed by atoms with E-state index < -0.39 is 0 Å². The molecule has 0 radical (unpaired) electrons. The molecule has 0 spiro atoms. The zero-order chi connectivity index (χ0) is 6.85. The molecule has 0 bridgehead atoms. The standard InChI is InChI=1S/C7H9NO/c1-6-3-7(2)5-8(9)4-6/h3-5H,1-2H3. The van der Waals surface area contributed by atoms with E-state index in [9.17, 15) is 5.21 Å². The highest BCUT2D eigenvalue weighted by atomic mass is 16.5. The van der Waals surface area contributed by atoms with Gasteiger partial charge in [0.1, 0.15) is 0 Å². The normalized spacial score (nSPS) is 9.56. The fourth-order valence-corrected chi connectivity index (χ4v) is 0.872. The highest BCUT2D eigenvalue weighted by Crippen LogP contribution is 1.95. The largest absolute Gasteiger partial charge is 0.619 e. The van der Waals surface area contributed by atoms with Crippen LogP contribution >= 0.6 is 0 Å². The van der Waals surface area contributed by atoms with E-state index in [1.165, 1.54) is 0 Å². The smallest absolute Gasteiger partial charge is 0.183 e. The monoisotopic (exact) mass is 123 g/mol. The summed E-state index contributed by atoms with van der Waals surface area (Å²) < 4.78 is 0.824. The van der Waals surface area contributed by atoms with Crippen molar-refractivity contribution in [3.8, 4) is 0 Å². The topological polar surface area (TPSA) is 26.9 Å². The number of nitrogens with zero attached hydrogens (tertiary/aromatic N) is 1. The maximum absolute atomic E-state index is 10.6. The van der Waals surface area contributed by atoms with Crippen LogP contribution in [-0.4, -0.2) is 0 Å². The van der Waals surface area contributed by atoms with Gasteiger partial charge in [-0.3, -0.25) is 0 Å². The molecular formula is C7H9NO. The highest BCUT2D eigenvalue weighted by molar-refractivity contribution is 5.11. The number of pyridine rings is 1. The third-order valence-corrected chi connectivity index (χ3v) is 1.12. The highest BCUT2D eigenvalue weighted by Gasteiger charge is 1.92. The van der Waals surface area contributed by atoms with Crippen LogP contribution in [0.3, 0.4) is 0 Å². The quantitative estimate of drug-likeness (QED) is 0.372. The van der Waals surface area contributed by atoms with E-state index in [0.717, 1.165) is 15.9 Å². The van der Waals surface area contributed by atoms with E-state index in [1.807, 2.05) is 19.9 Å². The first-order valence-corrected chi connectivity index (χ1v) is 2.85. The van der Waals surface area contributed by atoms with Crippen LogP contribution in [0, 0.1) is 19.1 Å². The summed E-state index contributed by atoms with van der Waals surface area (Å²) in [7, 11) is 0. The number of hydrogen-bond donors (Lipinski definition) is 0. The van der Waals surface area contributed by atoms with Gasteiger partial charge in [-0.25, -0.2) is 0 Å². The van der Waals surface area contributed by atoms with Gasteiger partial charge in [-0.15, -0.1) is 0 Å². The third kappa shape index (κ3) is 1.42. The average Bonchev–Trinajstić information content (AvgIpc) is 1.59. The lowest BCUT2D eigenvalue weighted by Gasteiger charge is -1.96. The Balaban J connectivity index is 3.17. The Morgan fingerprint density at radius 3 is 2.00 bits per heavy atom. The molecule has 1 aromatic rings. The van der Waals surface area contributed by atoms with Crippen LogP contribution in [0.5, 0.6) is 0 Å². The molecule has 0 amide bonds. The average molecular weight is 123 g/mol.